The molecule has 2 heterocycles. The highest BCUT2D eigenvalue weighted by Crippen LogP contribution is 2.32. The van der Waals surface area contributed by atoms with E-state index in [-0.39, 0.29) is 22.1 Å². The molecular formula is C15H14N4O5S. The first-order chi connectivity index (χ1) is 11.9. The zero-order valence-corrected chi connectivity index (χ0v) is 13.9. The van der Waals surface area contributed by atoms with E-state index >= 15 is 0 Å². The number of rotatable bonds is 4. The van der Waals surface area contributed by atoms with Crippen LogP contribution >= 0.6 is 0 Å². The molecule has 130 valence electrons. The van der Waals surface area contributed by atoms with Crippen LogP contribution in [-0.4, -0.2) is 36.5 Å². The summed E-state index contributed by atoms with van der Waals surface area (Å²) < 4.78 is 32.2. The number of hydrogen-bond acceptors (Lipinski definition) is 7. The molecule has 2 amide bonds. The summed E-state index contributed by atoms with van der Waals surface area (Å²) in [5.74, 6) is -0.814. The van der Waals surface area contributed by atoms with Crippen molar-refractivity contribution in [2.45, 2.75) is 24.3 Å². The number of anilines is 1. The number of benzene rings is 1. The fraction of sp³-hybridized carbons (Fsp3) is 0.200. The molecule has 0 spiro atoms. The van der Waals surface area contributed by atoms with E-state index in [1.54, 1.807) is 6.92 Å². The molecule has 1 unspecified atom stereocenters. The van der Waals surface area contributed by atoms with E-state index in [0.717, 1.165) is 6.20 Å². The van der Waals surface area contributed by atoms with Gasteiger partial charge in [-0.2, -0.15) is 10.2 Å². The van der Waals surface area contributed by atoms with Crippen LogP contribution in [0, 0.1) is 0 Å². The van der Waals surface area contributed by atoms with Crippen molar-refractivity contribution in [2.24, 2.45) is 0 Å². The van der Waals surface area contributed by atoms with Crippen LogP contribution in [0.1, 0.15) is 23.7 Å². The van der Waals surface area contributed by atoms with E-state index in [4.69, 9.17) is 4.74 Å². The quantitative estimate of drug-likeness (QED) is 0.819. The Kier molecular flexibility index (Phi) is 4.36. The average Bonchev–Trinajstić information content (AvgIpc) is 2.61. The van der Waals surface area contributed by atoms with Gasteiger partial charge in [0, 0.05) is 0 Å². The number of hydrogen-bond donors (Lipinski definition) is 2. The van der Waals surface area contributed by atoms with Gasteiger partial charge in [-0.3, -0.25) is 9.59 Å². The van der Waals surface area contributed by atoms with Crippen LogP contribution in [-0.2, 0) is 14.8 Å². The fourth-order valence-electron chi connectivity index (χ4n) is 2.23. The summed E-state index contributed by atoms with van der Waals surface area (Å²) in [6.07, 6.45) is 2.30. The van der Waals surface area contributed by atoms with Gasteiger partial charge in [-0.15, -0.1) is 0 Å². The predicted molar refractivity (Wildman–Crippen MR) is 86.5 cm³/mol. The number of sulfonamides is 1. The summed E-state index contributed by atoms with van der Waals surface area (Å²) in [4.78, 5) is 23.7. The number of amides is 2. The third kappa shape index (κ3) is 3.43. The minimum absolute atomic E-state index is 0.0546. The van der Waals surface area contributed by atoms with Crippen LogP contribution < -0.4 is 14.8 Å². The van der Waals surface area contributed by atoms with Crippen molar-refractivity contribution >= 4 is 27.5 Å². The average molecular weight is 362 g/mol. The molecule has 1 aliphatic rings. The van der Waals surface area contributed by atoms with Crippen molar-refractivity contribution in [1.82, 2.24) is 14.9 Å². The van der Waals surface area contributed by atoms with Crippen molar-refractivity contribution in [1.29, 1.82) is 0 Å². The molecule has 0 bridgehead atoms. The first-order valence-corrected chi connectivity index (χ1v) is 8.84. The van der Waals surface area contributed by atoms with E-state index in [1.807, 2.05) is 4.72 Å². The molecule has 25 heavy (non-hydrogen) atoms. The molecule has 1 aliphatic heterocycles. The maximum Gasteiger partial charge on any atom is 0.266 e. The largest absolute Gasteiger partial charge is 0.478 e. The molecule has 0 aliphatic carbocycles. The smallest absolute Gasteiger partial charge is 0.266 e. The van der Waals surface area contributed by atoms with Gasteiger partial charge in [0.2, 0.25) is 0 Å². The van der Waals surface area contributed by atoms with E-state index < -0.39 is 22.0 Å². The van der Waals surface area contributed by atoms with Gasteiger partial charge in [0.25, 0.3) is 21.8 Å². The molecule has 2 N–H and O–H groups in total. The highest BCUT2D eigenvalue weighted by Gasteiger charge is 2.28. The van der Waals surface area contributed by atoms with Crippen LogP contribution in [0.25, 0.3) is 0 Å². The van der Waals surface area contributed by atoms with Gasteiger partial charge in [-0.1, -0.05) is 6.92 Å². The van der Waals surface area contributed by atoms with E-state index in [2.05, 4.69) is 15.5 Å². The molecule has 1 atom stereocenters. The van der Waals surface area contributed by atoms with E-state index in [0.29, 0.717) is 12.2 Å². The molecule has 1 aromatic heterocycles. The van der Waals surface area contributed by atoms with Crippen LogP contribution in [0.5, 0.6) is 5.75 Å². The Bertz CT molecular complexity index is 930. The number of carbonyl (C=O) groups is 2. The first kappa shape index (κ1) is 16.8. The van der Waals surface area contributed by atoms with Crippen LogP contribution in [0.3, 0.4) is 0 Å². The topological polar surface area (TPSA) is 127 Å². The van der Waals surface area contributed by atoms with Gasteiger partial charge < -0.3 is 10.1 Å². The van der Waals surface area contributed by atoms with Crippen LogP contribution in [0.4, 0.5) is 5.69 Å². The van der Waals surface area contributed by atoms with Gasteiger partial charge in [0.05, 0.1) is 28.5 Å². The highest BCUT2D eigenvalue weighted by atomic mass is 32.2. The second-order valence-corrected chi connectivity index (χ2v) is 6.91. The van der Waals surface area contributed by atoms with Gasteiger partial charge in [-0.05, 0) is 30.7 Å². The summed E-state index contributed by atoms with van der Waals surface area (Å²) in [5.41, 5.74) is 0.287. The van der Waals surface area contributed by atoms with Gasteiger partial charge in [0.1, 0.15) is 5.75 Å². The number of fused-ring (bicyclic) bond motifs is 1. The molecule has 2 aromatic rings. The molecule has 0 fully saturated rings. The Balaban J connectivity index is 1.85. The number of ether oxygens (including phenoxy) is 1. The van der Waals surface area contributed by atoms with Gasteiger partial charge >= 0.3 is 0 Å². The van der Waals surface area contributed by atoms with Crippen molar-refractivity contribution in [3.8, 4) is 5.75 Å². The normalized spacial score (nSPS) is 16.4. The van der Waals surface area contributed by atoms with Gasteiger partial charge in [-0.25, -0.2) is 13.1 Å². The fourth-order valence-corrected chi connectivity index (χ4v) is 3.23. The Hall–Kier alpha value is -3.01. The Morgan fingerprint density at radius 1 is 1.32 bits per heavy atom. The molecule has 9 nitrogen and oxygen atoms in total. The summed E-state index contributed by atoms with van der Waals surface area (Å²) in [6.45, 7) is 1.80. The van der Waals surface area contributed by atoms with Crippen molar-refractivity contribution in [3.05, 3.63) is 42.2 Å². The second-order valence-electron chi connectivity index (χ2n) is 5.23. The van der Waals surface area contributed by atoms with E-state index in [9.17, 15) is 18.0 Å². The summed E-state index contributed by atoms with van der Waals surface area (Å²) >= 11 is 0. The number of nitrogens with one attached hydrogen (secondary N) is 2. The third-order valence-electron chi connectivity index (χ3n) is 3.53. The zero-order chi connectivity index (χ0) is 18.0. The lowest BCUT2D eigenvalue weighted by Crippen LogP contribution is -2.36. The van der Waals surface area contributed by atoms with Gasteiger partial charge in [0.15, 0.2) is 6.10 Å². The van der Waals surface area contributed by atoms with Crippen LogP contribution in [0.15, 0.2) is 41.6 Å². The summed E-state index contributed by atoms with van der Waals surface area (Å²) in [7, 11) is -4.13. The Labute approximate surface area is 143 Å². The minimum Gasteiger partial charge on any atom is -0.478 e. The molecule has 0 saturated carbocycles. The molecule has 10 heteroatoms. The minimum atomic E-state index is -4.13. The number of carbonyl (C=O) groups excluding carboxylic acids is 2. The maximum atomic E-state index is 12.4. The number of aromatic nitrogens is 2. The first-order valence-electron chi connectivity index (χ1n) is 7.36. The zero-order valence-electron chi connectivity index (χ0n) is 13.1. The predicted octanol–water partition coefficient (Wildman–Crippen LogP) is 0.705. The lowest BCUT2D eigenvalue weighted by molar-refractivity contribution is -0.123. The lowest BCUT2D eigenvalue weighted by Gasteiger charge is -2.25. The van der Waals surface area contributed by atoms with E-state index in [1.165, 1.54) is 30.5 Å². The molecular weight excluding hydrogens is 348 g/mol. The van der Waals surface area contributed by atoms with Crippen molar-refractivity contribution in [3.63, 3.8) is 0 Å². The molecule has 3 rings (SSSR count). The number of nitrogens with zero attached hydrogens (tertiary/aromatic N) is 2. The second kappa shape index (κ2) is 6.48. The van der Waals surface area contributed by atoms with Crippen LogP contribution in [0.2, 0.25) is 0 Å². The molecule has 0 radical (unpaired) electrons. The SMILES string of the molecule is CCC1Oc2ccc(S(=O)(=O)NC(=O)c3ccnnc3)cc2NC1=O. The van der Waals surface area contributed by atoms with Crippen molar-refractivity contribution < 1.29 is 22.7 Å². The Morgan fingerprint density at radius 2 is 2.12 bits per heavy atom. The van der Waals surface area contributed by atoms with Crippen molar-refractivity contribution in [2.75, 3.05) is 5.32 Å². The third-order valence-corrected chi connectivity index (χ3v) is 4.85. The maximum absolute atomic E-state index is 12.4. The monoisotopic (exact) mass is 362 g/mol. The molecule has 1 aromatic carbocycles. The highest BCUT2D eigenvalue weighted by molar-refractivity contribution is 7.90. The standard InChI is InChI=1S/C15H14N4O5S/c1-2-12-15(21)18-11-7-10(3-4-13(11)24-12)25(22,23)19-14(20)9-5-6-16-17-8-9/h3-8,12H,2H2,1H3,(H,18,21)(H,19,20). The summed E-state index contributed by atoms with van der Waals surface area (Å²) in [6, 6.07) is 5.30. The summed E-state index contributed by atoms with van der Waals surface area (Å²) in [5, 5.41) is 9.64. The molecule has 0 saturated heterocycles. The lowest BCUT2D eigenvalue weighted by atomic mass is 10.2. The Morgan fingerprint density at radius 3 is 2.80 bits per heavy atom.